The SMILES string of the molecule is CCC(Nc1nc(C)c(C(=O)OC)s1)c1ncc[nH]1. The predicted molar refractivity (Wildman–Crippen MR) is 73.4 cm³/mol. The van der Waals surface area contributed by atoms with Crippen LogP contribution in [0.1, 0.15) is 40.6 Å². The number of anilines is 1. The van der Waals surface area contributed by atoms with Crippen LogP contribution in [0.2, 0.25) is 0 Å². The number of thiazole rings is 1. The monoisotopic (exact) mass is 280 g/mol. The van der Waals surface area contributed by atoms with E-state index in [9.17, 15) is 4.79 Å². The Bertz CT molecular complexity index is 550. The number of methoxy groups -OCH3 is 1. The highest BCUT2D eigenvalue weighted by molar-refractivity contribution is 7.17. The Kier molecular flexibility index (Phi) is 4.16. The van der Waals surface area contributed by atoms with Gasteiger partial charge in [0.15, 0.2) is 5.13 Å². The number of nitrogens with one attached hydrogen (secondary N) is 2. The summed E-state index contributed by atoms with van der Waals surface area (Å²) in [5.74, 6) is 0.504. The molecule has 7 heteroatoms. The molecule has 0 fully saturated rings. The summed E-state index contributed by atoms with van der Waals surface area (Å²) in [7, 11) is 1.37. The van der Waals surface area contributed by atoms with Gasteiger partial charge in [0, 0.05) is 12.4 Å². The van der Waals surface area contributed by atoms with Gasteiger partial charge in [-0.2, -0.15) is 0 Å². The highest BCUT2D eigenvalue weighted by atomic mass is 32.1. The van der Waals surface area contributed by atoms with Crippen molar-refractivity contribution in [3.8, 4) is 0 Å². The summed E-state index contributed by atoms with van der Waals surface area (Å²) in [6.07, 6.45) is 4.36. The molecule has 0 aliphatic rings. The topological polar surface area (TPSA) is 79.9 Å². The summed E-state index contributed by atoms with van der Waals surface area (Å²) >= 11 is 1.29. The zero-order chi connectivity index (χ0) is 13.8. The summed E-state index contributed by atoms with van der Waals surface area (Å²) in [5, 5.41) is 3.97. The number of H-pyrrole nitrogens is 1. The lowest BCUT2D eigenvalue weighted by molar-refractivity contribution is 0.0605. The fourth-order valence-electron chi connectivity index (χ4n) is 1.72. The Hall–Kier alpha value is -1.89. The van der Waals surface area contributed by atoms with E-state index in [1.807, 2.05) is 0 Å². The molecule has 0 spiro atoms. The minimum atomic E-state index is -0.353. The van der Waals surface area contributed by atoms with Crippen LogP contribution in [0.15, 0.2) is 12.4 Å². The summed E-state index contributed by atoms with van der Waals surface area (Å²) in [4.78, 5) is 23.7. The molecule has 0 aliphatic heterocycles. The fourth-order valence-corrected chi connectivity index (χ4v) is 2.66. The molecule has 2 aromatic rings. The third-order valence-electron chi connectivity index (χ3n) is 2.72. The van der Waals surface area contributed by atoms with Gasteiger partial charge in [-0.25, -0.2) is 14.8 Å². The van der Waals surface area contributed by atoms with Gasteiger partial charge >= 0.3 is 5.97 Å². The van der Waals surface area contributed by atoms with Crippen LogP contribution in [0.5, 0.6) is 0 Å². The lowest BCUT2D eigenvalue weighted by atomic mass is 10.2. The second kappa shape index (κ2) is 5.83. The Labute approximate surface area is 115 Å². The Morgan fingerprint density at radius 3 is 3.00 bits per heavy atom. The molecule has 0 amide bonds. The summed E-state index contributed by atoms with van der Waals surface area (Å²) < 4.78 is 4.72. The van der Waals surface area contributed by atoms with Gasteiger partial charge in [0.25, 0.3) is 0 Å². The summed E-state index contributed by atoms with van der Waals surface area (Å²) in [5.41, 5.74) is 0.675. The zero-order valence-electron chi connectivity index (χ0n) is 11.1. The number of aromatic amines is 1. The van der Waals surface area contributed by atoms with Crippen molar-refractivity contribution in [1.29, 1.82) is 0 Å². The standard InChI is InChI=1S/C12H16N4O2S/c1-4-8(10-13-5-6-14-10)16-12-15-7(2)9(19-12)11(17)18-3/h5-6,8H,4H2,1-3H3,(H,13,14)(H,15,16). The molecule has 1 unspecified atom stereocenters. The predicted octanol–water partition coefficient (Wildman–Crippen LogP) is 2.52. The van der Waals surface area contributed by atoms with E-state index < -0.39 is 0 Å². The molecule has 2 heterocycles. The summed E-state index contributed by atoms with van der Waals surface area (Å²) in [6.45, 7) is 3.85. The minimum absolute atomic E-state index is 0.0473. The first kappa shape index (κ1) is 13.5. The minimum Gasteiger partial charge on any atom is -0.465 e. The van der Waals surface area contributed by atoms with Crippen LogP contribution in [0.25, 0.3) is 0 Å². The number of hydrogen-bond acceptors (Lipinski definition) is 6. The van der Waals surface area contributed by atoms with Crippen molar-refractivity contribution in [2.75, 3.05) is 12.4 Å². The maximum atomic E-state index is 11.5. The zero-order valence-corrected chi connectivity index (χ0v) is 11.9. The van der Waals surface area contributed by atoms with Crippen LogP contribution in [0.4, 0.5) is 5.13 Å². The number of aryl methyl sites for hydroxylation is 1. The molecule has 0 saturated carbocycles. The molecule has 19 heavy (non-hydrogen) atoms. The number of aromatic nitrogens is 3. The molecule has 102 valence electrons. The van der Waals surface area contributed by atoms with Gasteiger partial charge < -0.3 is 15.0 Å². The average molecular weight is 280 g/mol. The van der Waals surface area contributed by atoms with E-state index in [0.717, 1.165) is 12.2 Å². The van der Waals surface area contributed by atoms with Crippen molar-refractivity contribution in [1.82, 2.24) is 15.0 Å². The number of nitrogens with zero attached hydrogens (tertiary/aromatic N) is 2. The van der Waals surface area contributed by atoms with Gasteiger partial charge in [0.2, 0.25) is 0 Å². The molecule has 0 bridgehead atoms. The molecule has 1 atom stereocenters. The number of ether oxygens (including phenoxy) is 1. The molecule has 0 aromatic carbocycles. The molecule has 0 saturated heterocycles. The van der Waals surface area contributed by atoms with E-state index in [4.69, 9.17) is 4.74 Å². The van der Waals surface area contributed by atoms with Gasteiger partial charge in [-0.05, 0) is 13.3 Å². The molecule has 2 aromatic heterocycles. The first-order chi connectivity index (χ1) is 9.15. The van der Waals surface area contributed by atoms with Crippen LogP contribution >= 0.6 is 11.3 Å². The highest BCUT2D eigenvalue weighted by Crippen LogP contribution is 2.27. The van der Waals surface area contributed by atoms with Crippen molar-refractivity contribution in [2.24, 2.45) is 0 Å². The molecular weight excluding hydrogens is 264 g/mol. The van der Waals surface area contributed by atoms with E-state index in [2.05, 4.69) is 27.2 Å². The third kappa shape index (κ3) is 2.93. The Balaban J connectivity index is 2.17. The molecule has 0 aliphatic carbocycles. The van der Waals surface area contributed by atoms with Crippen LogP contribution in [0.3, 0.4) is 0 Å². The highest BCUT2D eigenvalue weighted by Gasteiger charge is 2.18. The first-order valence-corrected chi connectivity index (χ1v) is 6.78. The van der Waals surface area contributed by atoms with Gasteiger partial charge in [0.05, 0.1) is 18.8 Å². The van der Waals surface area contributed by atoms with E-state index in [-0.39, 0.29) is 12.0 Å². The van der Waals surface area contributed by atoms with E-state index in [0.29, 0.717) is 15.7 Å². The number of rotatable bonds is 5. The van der Waals surface area contributed by atoms with Gasteiger partial charge in [-0.1, -0.05) is 18.3 Å². The number of hydrogen-bond donors (Lipinski definition) is 2. The van der Waals surface area contributed by atoms with Crippen molar-refractivity contribution in [2.45, 2.75) is 26.3 Å². The third-order valence-corrected chi connectivity index (χ3v) is 3.79. The van der Waals surface area contributed by atoms with Crippen molar-refractivity contribution >= 4 is 22.4 Å². The number of esters is 1. The fraction of sp³-hybridized carbons (Fsp3) is 0.417. The van der Waals surface area contributed by atoms with Crippen molar-refractivity contribution in [3.63, 3.8) is 0 Å². The van der Waals surface area contributed by atoms with Crippen LogP contribution < -0.4 is 5.32 Å². The lowest BCUT2D eigenvalue weighted by Gasteiger charge is -2.13. The second-order valence-corrected chi connectivity index (χ2v) is 5.00. The summed E-state index contributed by atoms with van der Waals surface area (Å²) in [6, 6.07) is 0.0473. The van der Waals surface area contributed by atoms with Crippen LogP contribution in [-0.2, 0) is 4.74 Å². The molecular formula is C12H16N4O2S. The Morgan fingerprint density at radius 1 is 1.63 bits per heavy atom. The average Bonchev–Trinajstić information content (AvgIpc) is 3.04. The van der Waals surface area contributed by atoms with Crippen molar-refractivity contribution < 1.29 is 9.53 Å². The molecule has 6 nitrogen and oxygen atoms in total. The quantitative estimate of drug-likeness (QED) is 0.823. The normalized spacial score (nSPS) is 12.2. The number of carbonyl (C=O) groups is 1. The first-order valence-electron chi connectivity index (χ1n) is 5.97. The van der Waals surface area contributed by atoms with E-state index in [1.165, 1.54) is 18.4 Å². The smallest absolute Gasteiger partial charge is 0.350 e. The molecule has 0 radical (unpaired) electrons. The second-order valence-electron chi connectivity index (χ2n) is 4.00. The number of imidazole rings is 1. The number of carbonyl (C=O) groups excluding carboxylic acids is 1. The van der Waals surface area contributed by atoms with Crippen LogP contribution in [-0.4, -0.2) is 28.0 Å². The van der Waals surface area contributed by atoms with Gasteiger partial charge in [-0.3, -0.25) is 0 Å². The van der Waals surface area contributed by atoms with E-state index >= 15 is 0 Å². The van der Waals surface area contributed by atoms with Crippen molar-refractivity contribution in [3.05, 3.63) is 28.8 Å². The van der Waals surface area contributed by atoms with Gasteiger partial charge in [-0.15, -0.1) is 0 Å². The maximum Gasteiger partial charge on any atom is 0.350 e. The lowest BCUT2D eigenvalue weighted by Crippen LogP contribution is -2.11. The van der Waals surface area contributed by atoms with E-state index in [1.54, 1.807) is 19.3 Å². The molecule has 2 N–H and O–H groups in total. The largest absolute Gasteiger partial charge is 0.465 e. The maximum absolute atomic E-state index is 11.5. The van der Waals surface area contributed by atoms with Crippen LogP contribution in [0, 0.1) is 6.92 Å². The Morgan fingerprint density at radius 2 is 2.42 bits per heavy atom. The molecule has 2 rings (SSSR count). The van der Waals surface area contributed by atoms with Gasteiger partial charge in [0.1, 0.15) is 10.7 Å².